The van der Waals surface area contributed by atoms with Gasteiger partial charge < -0.3 is 10.6 Å². The molecule has 4 heteroatoms. The van der Waals surface area contributed by atoms with E-state index < -0.39 is 0 Å². The standard InChI is InChI=1S/C14H22N4/c1-2-11-4-3-8-18(9-6-11)13-10-17-7-5-12(13)14(15)16/h5,7,10-11H,2-4,6,8-9H2,1H3,(H3,15,16). The van der Waals surface area contributed by atoms with E-state index >= 15 is 0 Å². The maximum Gasteiger partial charge on any atom is 0.125 e. The number of rotatable bonds is 3. The fourth-order valence-corrected chi connectivity index (χ4v) is 2.68. The van der Waals surface area contributed by atoms with Crippen molar-refractivity contribution in [2.24, 2.45) is 11.7 Å². The normalized spacial score (nSPS) is 20.5. The van der Waals surface area contributed by atoms with Crippen LogP contribution in [-0.2, 0) is 0 Å². The molecule has 1 unspecified atom stereocenters. The number of nitrogens with two attached hydrogens (primary N) is 1. The minimum Gasteiger partial charge on any atom is -0.384 e. The van der Waals surface area contributed by atoms with Crippen LogP contribution in [0.3, 0.4) is 0 Å². The molecule has 0 aromatic carbocycles. The van der Waals surface area contributed by atoms with Gasteiger partial charge in [-0.15, -0.1) is 0 Å². The molecule has 4 nitrogen and oxygen atoms in total. The predicted octanol–water partition coefficient (Wildman–Crippen LogP) is 2.38. The van der Waals surface area contributed by atoms with E-state index in [1.54, 1.807) is 6.20 Å². The Morgan fingerprint density at radius 1 is 1.50 bits per heavy atom. The summed E-state index contributed by atoms with van der Waals surface area (Å²) in [7, 11) is 0. The molecule has 1 aromatic rings. The molecule has 0 bridgehead atoms. The lowest BCUT2D eigenvalue weighted by Crippen LogP contribution is -2.27. The summed E-state index contributed by atoms with van der Waals surface area (Å²) in [5, 5.41) is 7.65. The molecular formula is C14H22N4. The van der Waals surface area contributed by atoms with Gasteiger partial charge in [0.2, 0.25) is 0 Å². The van der Waals surface area contributed by atoms with Gasteiger partial charge in [0.15, 0.2) is 0 Å². The second-order valence-electron chi connectivity index (χ2n) is 5.00. The average Bonchev–Trinajstić information content (AvgIpc) is 2.63. The van der Waals surface area contributed by atoms with Gasteiger partial charge in [-0.25, -0.2) is 0 Å². The average molecular weight is 246 g/mol. The van der Waals surface area contributed by atoms with Gasteiger partial charge in [0.25, 0.3) is 0 Å². The van der Waals surface area contributed by atoms with Gasteiger partial charge >= 0.3 is 0 Å². The van der Waals surface area contributed by atoms with Crippen molar-refractivity contribution in [1.29, 1.82) is 5.41 Å². The number of amidine groups is 1. The Morgan fingerprint density at radius 3 is 3.06 bits per heavy atom. The Bertz CT molecular complexity index is 416. The summed E-state index contributed by atoms with van der Waals surface area (Å²) in [5.74, 6) is 0.969. The number of aromatic nitrogens is 1. The molecule has 98 valence electrons. The molecule has 1 aliphatic heterocycles. The molecule has 0 aliphatic carbocycles. The lowest BCUT2D eigenvalue weighted by atomic mass is 9.98. The second kappa shape index (κ2) is 5.85. The third kappa shape index (κ3) is 2.81. The molecule has 0 radical (unpaired) electrons. The molecule has 0 saturated carbocycles. The second-order valence-corrected chi connectivity index (χ2v) is 5.00. The van der Waals surface area contributed by atoms with Crippen molar-refractivity contribution in [1.82, 2.24) is 4.98 Å². The summed E-state index contributed by atoms with van der Waals surface area (Å²) in [5.41, 5.74) is 7.46. The molecule has 2 heterocycles. The molecule has 2 rings (SSSR count). The molecule has 1 fully saturated rings. The summed E-state index contributed by atoms with van der Waals surface area (Å²) in [6.45, 7) is 4.36. The molecule has 1 aromatic heterocycles. The van der Waals surface area contributed by atoms with E-state index in [1.807, 2.05) is 12.3 Å². The molecular weight excluding hydrogens is 224 g/mol. The molecule has 18 heavy (non-hydrogen) atoms. The fourth-order valence-electron chi connectivity index (χ4n) is 2.68. The topological polar surface area (TPSA) is 66.0 Å². The summed E-state index contributed by atoms with van der Waals surface area (Å²) in [6.07, 6.45) is 8.55. The highest BCUT2D eigenvalue weighted by molar-refractivity contribution is 6.00. The Balaban J connectivity index is 2.18. The van der Waals surface area contributed by atoms with Gasteiger partial charge in [-0.05, 0) is 31.2 Å². The van der Waals surface area contributed by atoms with Gasteiger partial charge in [0.1, 0.15) is 5.84 Å². The van der Waals surface area contributed by atoms with Crippen molar-refractivity contribution in [2.75, 3.05) is 18.0 Å². The Kier molecular flexibility index (Phi) is 4.18. The fraction of sp³-hybridized carbons (Fsp3) is 0.571. The summed E-state index contributed by atoms with van der Waals surface area (Å²) in [4.78, 5) is 6.51. The van der Waals surface area contributed by atoms with Gasteiger partial charge in [-0.2, -0.15) is 0 Å². The predicted molar refractivity (Wildman–Crippen MR) is 75.1 cm³/mol. The van der Waals surface area contributed by atoms with Crippen molar-refractivity contribution >= 4 is 11.5 Å². The van der Waals surface area contributed by atoms with Gasteiger partial charge in [-0.3, -0.25) is 10.4 Å². The monoisotopic (exact) mass is 246 g/mol. The largest absolute Gasteiger partial charge is 0.384 e. The highest BCUT2D eigenvalue weighted by Gasteiger charge is 2.18. The van der Waals surface area contributed by atoms with Crippen LogP contribution in [0.4, 0.5) is 5.69 Å². The molecule has 0 spiro atoms. The molecule has 3 N–H and O–H groups in total. The molecule has 1 saturated heterocycles. The first-order chi connectivity index (χ1) is 8.72. The number of anilines is 1. The Hall–Kier alpha value is -1.58. The van der Waals surface area contributed by atoms with E-state index in [-0.39, 0.29) is 5.84 Å². The molecule has 1 atom stereocenters. The first-order valence-electron chi connectivity index (χ1n) is 6.75. The summed E-state index contributed by atoms with van der Waals surface area (Å²) in [6, 6.07) is 1.83. The molecule has 1 aliphatic rings. The summed E-state index contributed by atoms with van der Waals surface area (Å²) < 4.78 is 0. The van der Waals surface area contributed by atoms with Crippen LogP contribution >= 0.6 is 0 Å². The Morgan fingerprint density at radius 2 is 2.33 bits per heavy atom. The third-order valence-electron chi connectivity index (χ3n) is 3.86. The Labute approximate surface area is 109 Å². The van der Waals surface area contributed by atoms with Crippen LogP contribution in [-0.4, -0.2) is 23.9 Å². The van der Waals surface area contributed by atoms with Crippen molar-refractivity contribution in [3.63, 3.8) is 0 Å². The zero-order valence-electron chi connectivity index (χ0n) is 11.0. The first kappa shape index (κ1) is 12.9. The van der Waals surface area contributed by atoms with E-state index in [2.05, 4.69) is 16.8 Å². The van der Waals surface area contributed by atoms with Crippen LogP contribution in [0.5, 0.6) is 0 Å². The van der Waals surface area contributed by atoms with Crippen LogP contribution in [0, 0.1) is 11.3 Å². The van der Waals surface area contributed by atoms with Crippen molar-refractivity contribution < 1.29 is 0 Å². The minimum atomic E-state index is 0.128. The maximum atomic E-state index is 7.65. The lowest BCUT2D eigenvalue weighted by Gasteiger charge is -2.24. The number of nitrogens with zero attached hydrogens (tertiary/aromatic N) is 2. The SMILES string of the molecule is CCC1CCCN(c2cnccc2C(=N)N)CC1. The number of hydrogen-bond acceptors (Lipinski definition) is 3. The first-order valence-corrected chi connectivity index (χ1v) is 6.75. The van der Waals surface area contributed by atoms with Crippen LogP contribution in [0.1, 0.15) is 38.2 Å². The van der Waals surface area contributed by atoms with E-state index in [4.69, 9.17) is 11.1 Å². The molecule has 0 amide bonds. The quantitative estimate of drug-likeness (QED) is 0.635. The maximum absolute atomic E-state index is 7.65. The van der Waals surface area contributed by atoms with Crippen LogP contribution in [0.25, 0.3) is 0 Å². The van der Waals surface area contributed by atoms with Crippen LogP contribution < -0.4 is 10.6 Å². The summed E-state index contributed by atoms with van der Waals surface area (Å²) >= 11 is 0. The third-order valence-corrected chi connectivity index (χ3v) is 3.86. The number of nitrogen functional groups attached to an aromatic ring is 1. The van der Waals surface area contributed by atoms with E-state index in [0.29, 0.717) is 0 Å². The minimum absolute atomic E-state index is 0.128. The smallest absolute Gasteiger partial charge is 0.125 e. The van der Waals surface area contributed by atoms with E-state index in [1.165, 1.54) is 25.7 Å². The van der Waals surface area contributed by atoms with Crippen molar-refractivity contribution in [2.45, 2.75) is 32.6 Å². The van der Waals surface area contributed by atoms with Crippen LogP contribution in [0.15, 0.2) is 18.5 Å². The van der Waals surface area contributed by atoms with E-state index in [0.717, 1.165) is 30.3 Å². The zero-order chi connectivity index (χ0) is 13.0. The van der Waals surface area contributed by atoms with Gasteiger partial charge in [0.05, 0.1) is 11.9 Å². The number of hydrogen-bond donors (Lipinski definition) is 2. The van der Waals surface area contributed by atoms with Crippen LogP contribution in [0.2, 0.25) is 0 Å². The van der Waals surface area contributed by atoms with Gasteiger partial charge in [-0.1, -0.05) is 13.3 Å². The highest BCUT2D eigenvalue weighted by atomic mass is 15.1. The zero-order valence-corrected chi connectivity index (χ0v) is 11.0. The number of nitrogens with one attached hydrogen (secondary N) is 1. The van der Waals surface area contributed by atoms with Crippen molar-refractivity contribution in [3.05, 3.63) is 24.0 Å². The van der Waals surface area contributed by atoms with E-state index in [9.17, 15) is 0 Å². The number of pyridine rings is 1. The highest BCUT2D eigenvalue weighted by Crippen LogP contribution is 2.26. The van der Waals surface area contributed by atoms with Gasteiger partial charge in [0, 0.05) is 24.8 Å². The lowest BCUT2D eigenvalue weighted by molar-refractivity contribution is 0.459. The van der Waals surface area contributed by atoms with Crippen molar-refractivity contribution in [3.8, 4) is 0 Å².